The van der Waals surface area contributed by atoms with Gasteiger partial charge in [0.15, 0.2) is 0 Å². The van der Waals surface area contributed by atoms with Crippen LogP contribution in [0.15, 0.2) is 18.2 Å². The van der Waals surface area contributed by atoms with Crippen LogP contribution in [0.4, 0.5) is 0 Å². The highest BCUT2D eigenvalue weighted by Gasteiger charge is 2.10. The third-order valence-corrected chi connectivity index (χ3v) is 3.67. The van der Waals surface area contributed by atoms with E-state index in [0.29, 0.717) is 12.6 Å². The molecule has 5 nitrogen and oxygen atoms in total. The van der Waals surface area contributed by atoms with Crippen molar-refractivity contribution in [3.8, 4) is 0 Å². The first-order valence-corrected chi connectivity index (χ1v) is 7.67. The molecule has 1 aromatic rings. The average Bonchev–Trinajstić information content (AvgIpc) is 2.26. The summed E-state index contributed by atoms with van der Waals surface area (Å²) in [6.45, 7) is 6.54. The summed E-state index contributed by atoms with van der Waals surface area (Å²) in [7, 11) is -3.24. The van der Waals surface area contributed by atoms with Crippen molar-refractivity contribution in [3.05, 3.63) is 29.6 Å². The van der Waals surface area contributed by atoms with E-state index in [1.807, 2.05) is 39.0 Å². The number of hydrogen-bond acceptors (Lipinski definition) is 4. The second-order valence-corrected chi connectivity index (χ2v) is 6.45. The van der Waals surface area contributed by atoms with E-state index in [-0.39, 0.29) is 12.3 Å². The summed E-state index contributed by atoms with van der Waals surface area (Å²) >= 11 is 0. The summed E-state index contributed by atoms with van der Waals surface area (Å²) in [5.74, 6) is 0.0804. The zero-order valence-corrected chi connectivity index (χ0v) is 11.9. The van der Waals surface area contributed by atoms with Crippen LogP contribution in [-0.4, -0.2) is 31.7 Å². The molecule has 0 atom stereocenters. The van der Waals surface area contributed by atoms with Gasteiger partial charge in [-0.05, 0) is 19.1 Å². The predicted octanol–water partition coefficient (Wildman–Crippen LogP) is 0.807. The number of nitrogens with one attached hydrogen (secondary N) is 2. The van der Waals surface area contributed by atoms with Crippen LogP contribution in [0.5, 0.6) is 0 Å². The van der Waals surface area contributed by atoms with Crippen molar-refractivity contribution in [2.45, 2.75) is 33.4 Å². The van der Waals surface area contributed by atoms with E-state index >= 15 is 0 Å². The first kappa shape index (κ1) is 15.1. The Morgan fingerprint density at radius 1 is 1.33 bits per heavy atom. The van der Waals surface area contributed by atoms with E-state index < -0.39 is 10.0 Å². The highest BCUT2D eigenvalue weighted by molar-refractivity contribution is 7.89. The topological polar surface area (TPSA) is 71.1 Å². The first-order chi connectivity index (χ1) is 8.39. The van der Waals surface area contributed by atoms with Gasteiger partial charge in [-0.2, -0.15) is 0 Å². The quantitative estimate of drug-likeness (QED) is 0.770. The Hall–Kier alpha value is -0.980. The van der Waals surface area contributed by atoms with Gasteiger partial charge < -0.3 is 5.32 Å². The molecule has 1 heterocycles. The van der Waals surface area contributed by atoms with E-state index in [1.54, 1.807) is 0 Å². The number of aromatic nitrogens is 1. The monoisotopic (exact) mass is 271 g/mol. The number of aryl methyl sites for hydroxylation is 1. The molecule has 0 aliphatic rings. The Bertz CT molecular complexity index is 472. The lowest BCUT2D eigenvalue weighted by molar-refractivity contribution is 0.566. The van der Waals surface area contributed by atoms with Gasteiger partial charge in [0.1, 0.15) is 0 Å². The lowest BCUT2D eigenvalue weighted by atomic mass is 10.3. The predicted molar refractivity (Wildman–Crippen MR) is 72.7 cm³/mol. The Balaban J connectivity index is 2.42. The minimum Gasteiger partial charge on any atom is -0.313 e. The van der Waals surface area contributed by atoms with Crippen molar-refractivity contribution in [2.75, 3.05) is 12.3 Å². The van der Waals surface area contributed by atoms with Gasteiger partial charge in [-0.1, -0.05) is 19.9 Å². The van der Waals surface area contributed by atoms with Gasteiger partial charge in [-0.25, -0.2) is 13.1 Å². The van der Waals surface area contributed by atoms with Crippen LogP contribution in [0, 0.1) is 6.92 Å². The average molecular weight is 271 g/mol. The smallest absolute Gasteiger partial charge is 0.213 e. The fourth-order valence-electron chi connectivity index (χ4n) is 1.44. The maximum Gasteiger partial charge on any atom is 0.213 e. The Morgan fingerprint density at radius 3 is 2.67 bits per heavy atom. The van der Waals surface area contributed by atoms with Crippen LogP contribution < -0.4 is 10.0 Å². The number of rotatable bonds is 7. The van der Waals surface area contributed by atoms with Gasteiger partial charge in [0.05, 0.1) is 18.0 Å². The van der Waals surface area contributed by atoms with Crippen LogP contribution in [0.25, 0.3) is 0 Å². The summed E-state index contributed by atoms with van der Waals surface area (Å²) in [6, 6.07) is 5.84. The second-order valence-electron chi connectivity index (χ2n) is 4.52. The van der Waals surface area contributed by atoms with E-state index in [4.69, 9.17) is 0 Å². The summed E-state index contributed by atoms with van der Waals surface area (Å²) in [5.41, 5.74) is 1.61. The third kappa shape index (κ3) is 6.09. The standard InChI is InChI=1S/C12H21N3O2S/c1-10(2)13-7-8-18(16,17)14-9-12-6-4-5-11(3)15-12/h4-6,10,13-14H,7-9H2,1-3H3. The molecule has 0 unspecified atom stereocenters. The molecule has 0 amide bonds. The van der Waals surface area contributed by atoms with Crippen LogP contribution in [0.2, 0.25) is 0 Å². The molecule has 0 saturated heterocycles. The molecule has 2 N–H and O–H groups in total. The van der Waals surface area contributed by atoms with Crippen molar-refractivity contribution in [1.29, 1.82) is 0 Å². The molecule has 0 aromatic carbocycles. The summed E-state index contributed by atoms with van der Waals surface area (Å²) in [4.78, 5) is 4.24. The maximum absolute atomic E-state index is 11.7. The molecule has 0 radical (unpaired) electrons. The van der Waals surface area contributed by atoms with E-state index in [9.17, 15) is 8.42 Å². The van der Waals surface area contributed by atoms with Crippen LogP contribution >= 0.6 is 0 Å². The lowest BCUT2D eigenvalue weighted by Gasteiger charge is -2.09. The Labute approximate surface area is 109 Å². The fraction of sp³-hybridized carbons (Fsp3) is 0.583. The minimum absolute atomic E-state index is 0.0804. The molecular formula is C12H21N3O2S. The molecule has 102 valence electrons. The molecule has 0 aliphatic heterocycles. The highest BCUT2D eigenvalue weighted by Crippen LogP contribution is 1.98. The van der Waals surface area contributed by atoms with Crippen molar-refractivity contribution < 1.29 is 8.42 Å². The normalized spacial score (nSPS) is 12.0. The molecule has 0 saturated carbocycles. The van der Waals surface area contributed by atoms with Gasteiger partial charge in [-0.3, -0.25) is 4.98 Å². The zero-order chi connectivity index (χ0) is 13.6. The third-order valence-electron chi connectivity index (χ3n) is 2.34. The minimum atomic E-state index is -3.24. The summed E-state index contributed by atoms with van der Waals surface area (Å²) < 4.78 is 25.9. The van der Waals surface area contributed by atoms with Crippen LogP contribution in [0.3, 0.4) is 0 Å². The summed E-state index contributed by atoms with van der Waals surface area (Å²) in [6.07, 6.45) is 0. The molecule has 0 aliphatic carbocycles. The Kier molecular flexibility index (Phi) is 5.71. The molecule has 18 heavy (non-hydrogen) atoms. The maximum atomic E-state index is 11.7. The van der Waals surface area contributed by atoms with Crippen molar-refractivity contribution in [2.24, 2.45) is 0 Å². The van der Waals surface area contributed by atoms with E-state index in [1.165, 1.54) is 0 Å². The number of sulfonamides is 1. The van der Waals surface area contributed by atoms with Crippen molar-refractivity contribution >= 4 is 10.0 Å². The number of hydrogen-bond donors (Lipinski definition) is 2. The molecule has 6 heteroatoms. The van der Waals surface area contributed by atoms with Crippen LogP contribution in [-0.2, 0) is 16.6 Å². The number of pyridine rings is 1. The molecule has 1 rings (SSSR count). The highest BCUT2D eigenvalue weighted by atomic mass is 32.2. The summed E-state index contributed by atoms with van der Waals surface area (Å²) in [5, 5.41) is 3.07. The van der Waals surface area contributed by atoms with Gasteiger partial charge in [0, 0.05) is 18.3 Å². The van der Waals surface area contributed by atoms with Gasteiger partial charge >= 0.3 is 0 Å². The zero-order valence-electron chi connectivity index (χ0n) is 11.1. The lowest BCUT2D eigenvalue weighted by Crippen LogP contribution is -2.34. The first-order valence-electron chi connectivity index (χ1n) is 6.02. The molecule has 0 fully saturated rings. The second kappa shape index (κ2) is 6.82. The molecule has 1 aromatic heterocycles. The van der Waals surface area contributed by atoms with Gasteiger partial charge in [0.25, 0.3) is 0 Å². The fourth-order valence-corrected chi connectivity index (χ4v) is 2.33. The van der Waals surface area contributed by atoms with Crippen LogP contribution in [0.1, 0.15) is 25.2 Å². The van der Waals surface area contributed by atoms with Crippen molar-refractivity contribution in [3.63, 3.8) is 0 Å². The molecule has 0 spiro atoms. The molecular weight excluding hydrogens is 250 g/mol. The number of nitrogens with zero attached hydrogens (tertiary/aromatic N) is 1. The van der Waals surface area contributed by atoms with Gasteiger partial charge in [0.2, 0.25) is 10.0 Å². The largest absolute Gasteiger partial charge is 0.313 e. The Morgan fingerprint density at radius 2 is 2.06 bits per heavy atom. The SMILES string of the molecule is Cc1cccc(CNS(=O)(=O)CCNC(C)C)n1. The van der Waals surface area contributed by atoms with E-state index in [2.05, 4.69) is 15.0 Å². The van der Waals surface area contributed by atoms with E-state index in [0.717, 1.165) is 11.4 Å². The van der Waals surface area contributed by atoms with Crippen molar-refractivity contribution in [1.82, 2.24) is 15.0 Å². The van der Waals surface area contributed by atoms with Gasteiger partial charge in [-0.15, -0.1) is 0 Å². The molecule has 0 bridgehead atoms.